The lowest BCUT2D eigenvalue weighted by Crippen LogP contribution is -2.27. The van der Waals surface area contributed by atoms with Crippen LogP contribution in [0.25, 0.3) is 11.2 Å². The number of aryl methyl sites for hydroxylation is 2. The first-order valence-electron chi connectivity index (χ1n) is 13.4. The van der Waals surface area contributed by atoms with Crippen LogP contribution in [-0.4, -0.2) is 49.0 Å². The third kappa shape index (κ3) is 5.05. The topological polar surface area (TPSA) is 143 Å². The summed E-state index contributed by atoms with van der Waals surface area (Å²) < 4.78 is 91.9. The number of hydrogen-bond acceptors (Lipinski definition) is 8. The molecule has 0 unspecified atom stereocenters. The van der Waals surface area contributed by atoms with Crippen molar-refractivity contribution in [3.05, 3.63) is 58.3 Å². The molecule has 0 bridgehead atoms. The van der Waals surface area contributed by atoms with E-state index in [0.717, 1.165) is 30.1 Å². The van der Waals surface area contributed by atoms with E-state index in [9.17, 15) is 28.0 Å². The maximum absolute atomic E-state index is 13.3. The summed E-state index contributed by atoms with van der Waals surface area (Å²) in [4.78, 5) is 36.8. The van der Waals surface area contributed by atoms with Crippen LogP contribution in [0.1, 0.15) is 19.4 Å². The largest absolute Gasteiger partial charge is 0.454 e. The summed E-state index contributed by atoms with van der Waals surface area (Å²) in [6.45, 7) is -6.59. The predicted molar refractivity (Wildman–Crippen MR) is 130 cm³/mol. The van der Waals surface area contributed by atoms with Gasteiger partial charge in [0.1, 0.15) is 34.4 Å². The Morgan fingerprint density at radius 2 is 2.03 bits per heavy atom. The van der Waals surface area contributed by atoms with Crippen LogP contribution in [0, 0.1) is 11.3 Å². The molecule has 15 heteroatoms. The van der Waals surface area contributed by atoms with Crippen LogP contribution in [0.5, 0.6) is 11.5 Å². The summed E-state index contributed by atoms with van der Waals surface area (Å²) in [5.41, 5.74) is -2.33. The molecule has 0 saturated carbocycles. The molecule has 0 aromatic carbocycles. The molecule has 196 valence electrons. The molecular weight excluding hydrogens is 507 g/mol. The van der Waals surface area contributed by atoms with Crippen molar-refractivity contribution in [1.82, 2.24) is 29.0 Å². The minimum atomic E-state index is -4.73. The van der Waals surface area contributed by atoms with Crippen molar-refractivity contribution in [1.29, 1.82) is 5.26 Å². The first-order chi connectivity index (χ1) is 20.3. The summed E-state index contributed by atoms with van der Waals surface area (Å²) in [5, 5.41) is 14.6. The van der Waals surface area contributed by atoms with Crippen LogP contribution in [0.2, 0.25) is 0 Å². The van der Waals surface area contributed by atoms with E-state index in [1.807, 2.05) is 6.07 Å². The van der Waals surface area contributed by atoms with Gasteiger partial charge in [0.2, 0.25) is 5.95 Å². The van der Waals surface area contributed by atoms with E-state index in [1.165, 1.54) is 17.7 Å². The number of rotatable bonds is 5. The molecular formula is C23H20F3N9O3. The molecule has 0 aliphatic heterocycles. The van der Waals surface area contributed by atoms with E-state index in [2.05, 4.69) is 25.6 Å². The van der Waals surface area contributed by atoms with Crippen molar-refractivity contribution in [3.63, 3.8) is 0 Å². The molecule has 4 aromatic heterocycles. The third-order valence-electron chi connectivity index (χ3n) is 5.13. The van der Waals surface area contributed by atoms with Gasteiger partial charge in [-0.3, -0.25) is 10.1 Å². The summed E-state index contributed by atoms with van der Waals surface area (Å²) in [6.07, 6.45) is -1.80. The number of anilines is 3. The first kappa shape index (κ1) is 19.0. The Bertz CT molecular complexity index is 1850. The van der Waals surface area contributed by atoms with Crippen molar-refractivity contribution >= 4 is 34.6 Å². The van der Waals surface area contributed by atoms with E-state index >= 15 is 0 Å². The van der Waals surface area contributed by atoms with Crippen LogP contribution in [0.15, 0.2) is 41.6 Å². The molecule has 4 rings (SSSR count). The number of fused-ring (bicyclic) bond motifs is 1. The number of pyridine rings is 3. The second-order valence-corrected chi connectivity index (χ2v) is 7.70. The molecule has 0 aliphatic carbocycles. The van der Waals surface area contributed by atoms with Gasteiger partial charge in [-0.1, -0.05) is 0 Å². The van der Waals surface area contributed by atoms with Crippen LogP contribution < -0.4 is 20.9 Å². The number of ether oxygens (including phenoxy) is 1. The zero-order chi connectivity index (χ0) is 32.8. The summed E-state index contributed by atoms with van der Waals surface area (Å²) in [5.74, 6) is -0.553. The maximum Gasteiger partial charge on any atom is 0.417 e. The Morgan fingerprint density at radius 3 is 2.71 bits per heavy atom. The number of hydrogen-bond donors (Lipinski definition) is 2. The van der Waals surface area contributed by atoms with Gasteiger partial charge >= 0.3 is 12.2 Å². The fraction of sp³-hybridized carbons (Fsp3) is 0.217. The van der Waals surface area contributed by atoms with E-state index in [1.54, 1.807) is 0 Å². The lowest BCUT2D eigenvalue weighted by atomic mass is 10.2. The van der Waals surface area contributed by atoms with E-state index in [-0.39, 0.29) is 44.9 Å². The SMILES string of the molecule is [2H]C([2H])([2H])N(C(=O)Nc1cc(Oc2cnc3nc(Nc4cc(C(F)(F)F)cn(C)c4=O)n(C)c3c2C#N)ccn1)C([2H])([2H])[2H]. The Labute approximate surface area is 221 Å². The van der Waals surface area contributed by atoms with Crippen molar-refractivity contribution in [2.45, 2.75) is 6.18 Å². The summed E-state index contributed by atoms with van der Waals surface area (Å²) in [6, 6.07) is 3.52. The highest BCUT2D eigenvalue weighted by atomic mass is 19.4. The van der Waals surface area contributed by atoms with Gasteiger partial charge in [-0.25, -0.2) is 14.8 Å². The smallest absolute Gasteiger partial charge is 0.417 e. The van der Waals surface area contributed by atoms with Gasteiger partial charge in [0.15, 0.2) is 11.4 Å². The fourth-order valence-electron chi connectivity index (χ4n) is 3.36. The van der Waals surface area contributed by atoms with Gasteiger partial charge in [0, 0.05) is 54.7 Å². The van der Waals surface area contributed by atoms with Gasteiger partial charge in [-0.2, -0.15) is 23.4 Å². The standard InChI is InChI=1S/C23H20F3N9O3/c1-33(2)22(37)31-17-8-13(5-6-28-17)38-16-10-29-19-18(14(16)9-27)35(4)21(32-19)30-15-7-12(23(24,25)26)11-34(3)20(15)36/h5-8,10-11H,1-4H3,(H,28,31,37)(H,29,30,32)/i1D3,2D3. The molecule has 0 fully saturated rings. The fourth-order valence-corrected chi connectivity index (χ4v) is 3.36. The number of halogens is 3. The molecule has 38 heavy (non-hydrogen) atoms. The lowest BCUT2D eigenvalue weighted by molar-refractivity contribution is -0.138. The number of carbonyl (C=O) groups excluding carboxylic acids is 1. The number of aromatic nitrogens is 5. The van der Waals surface area contributed by atoms with Gasteiger partial charge < -0.3 is 24.1 Å². The maximum atomic E-state index is 13.3. The van der Waals surface area contributed by atoms with Gasteiger partial charge in [-0.15, -0.1) is 0 Å². The summed E-state index contributed by atoms with van der Waals surface area (Å²) >= 11 is 0. The molecule has 0 saturated heterocycles. The Morgan fingerprint density at radius 1 is 1.26 bits per heavy atom. The molecule has 0 aliphatic rings. The van der Waals surface area contributed by atoms with E-state index in [0.29, 0.717) is 12.3 Å². The number of nitrogens with zero attached hydrogens (tertiary/aromatic N) is 7. The van der Waals surface area contributed by atoms with Gasteiger partial charge in [-0.05, 0) is 12.1 Å². The zero-order valence-corrected chi connectivity index (χ0v) is 19.5. The Hall–Kier alpha value is -5.13. The zero-order valence-electron chi connectivity index (χ0n) is 25.5. The normalized spacial score (nSPS) is 14.2. The third-order valence-corrected chi connectivity index (χ3v) is 5.13. The second kappa shape index (κ2) is 9.73. The minimum absolute atomic E-state index is 0.0141. The minimum Gasteiger partial charge on any atom is -0.454 e. The number of carbonyl (C=O) groups is 1. The number of amides is 2. The molecule has 4 heterocycles. The summed E-state index contributed by atoms with van der Waals surface area (Å²) in [7, 11) is 2.58. The van der Waals surface area contributed by atoms with Crippen molar-refractivity contribution in [2.24, 2.45) is 14.1 Å². The van der Waals surface area contributed by atoms with E-state index in [4.69, 9.17) is 13.0 Å². The molecule has 12 nitrogen and oxygen atoms in total. The highest BCUT2D eigenvalue weighted by Crippen LogP contribution is 2.33. The van der Waals surface area contributed by atoms with Crippen molar-refractivity contribution < 1.29 is 30.9 Å². The number of imidazole rings is 1. The van der Waals surface area contributed by atoms with Crippen molar-refractivity contribution in [3.8, 4) is 17.6 Å². The molecule has 2 N–H and O–H groups in total. The Balaban J connectivity index is 1.66. The molecule has 0 atom stereocenters. The van der Waals surface area contributed by atoms with Gasteiger partial charge in [0.25, 0.3) is 5.56 Å². The average molecular weight is 534 g/mol. The Kier molecular flexibility index (Phi) is 4.88. The van der Waals surface area contributed by atoms with Gasteiger partial charge in [0.05, 0.1) is 11.8 Å². The molecule has 0 radical (unpaired) electrons. The predicted octanol–water partition coefficient (Wildman–Crippen LogP) is 3.58. The molecule has 4 aromatic rings. The quantitative estimate of drug-likeness (QED) is 0.396. The second-order valence-electron chi connectivity index (χ2n) is 7.70. The van der Waals surface area contributed by atoms with Crippen LogP contribution >= 0.6 is 0 Å². The number of urea groups is 1. The number of nitriles is 1. The van der Waals surface area contributed by atoms with Crippen LogP contribution in [0.3, 0.4) is 0 Å². The number of alkyl halides is 3. The molecule has 2 amide bonds. The highest BCUT2D eigenvalue weighted by Gasteiger charge is 2.32. The van der Waals surface area contributed by atoms with Crippen LogP contribution in [0.4, 0.5) is 35.4 Å². The molecule has 0 spiro atoms. The lowest BCUT2D eigenvalue weighted by Gasteiger charge is -2.13. The first-order valence-corrected chi connectivity index (χ1v) is 10.4. The van der Waals surface area contributed by atoms with E-state index < -0.39 is 43.0 Å². The monoisotopic (exact) mass is 533 g/mol. The number of nitrogens with one attached hydrogen (secondary N) is 2. The van der Waals surface area contributed by atoms with Crippen molar-refractivity contribution in [2.75, 3.05) is 24.6 Å². The van der Waals surface area contributed by atoms with Crippen LogP contribution in [-0.2, 0) is 20.3 Å². The average Bonchev–Trinajstić information content (AvgIpc) is 3.19. The highest BCUT2D eigenvalue weighted by molar-refractivity contribution is 5.88.